The fourth-order valence-electron chi connectivity index (χ4n) is 4.93. The van der Waals surface area contributed by atoms with Gasteiger partial charge in [-0.2, -0.15) is 0 Å². The molecule has 2 aromatic rings. The van der Waals surface area contributed by atoms with Crippen LogP contribution in [0.15, 0.2) is 48.0 Å². The number of hydrogen-bond acceptors (Lipinski definition) is 7. The molecule has 1 N–H and O–H groups in total. The normalized spacial score (nSPS) is 25.4. The van der Waals surface area contributed by atoms with E-state index >= 15 is 0 Å². The SMILES string of the molecule is CC1Cc2cc(C(O)=C3C(=O)C(=O)N(CC4CCCO4)C3c3ccc([N+](=O)[O-])cc3)ccc2O1. The summed E-state index contributed by atoms with van der Waals surface area (Å²) in [6.07, 6.45) is 2.11. The topological polar surface area (TPSA) is 119 Å². The van der Waals surface area contributed by atoms with Crippen LogP contribution in [0.4, 0.5) is 5.69 Å². The third-order valence-corrected chi connectivity index (χ3v) is 6.55. The molecule has 2 saturated heterocycles. The molecule has 2 aromatic carbocycles. The van der Waals surface area contributed by atoms with Crippen LogP contribution >= 0.6 is 0 Å². The van der Waals surface area contributed by atoms with Crippen molar-refractivity contribution in [3.8, 4) is 5.75 Å². The Morgan fingerprint density at radius 1 is 1.21 bits per heavy atom. The van der Waals surface area contributed by atoms with Gasteiger partial charge in [0.2, 0.25) is 0 Å². The number of amides is 1. The van der Waals surface area contributed by atoms with E-state index in [4.69, 9.17) is 9.47 Å². The molecular formula is C25H24N2O7. The van der Waals surface area contributed by atoms with Gasteiger partial charge in [0, 0.05) is 37.3 Å². The van der Waals surface area contributed by atoms with Crippen molar-refractivity contribution < 1.29 is 29.1 Å². The number of nitro groups is 1. The number of likely N-dealkylation sites (tertiary alicyclic amines) is 1. The van der Waals surface area contributed by atoms with Crippen LogP contribution in [0.1, 0.15) is 42.5 Å². The summed E-state index contributed by atoms with van der Waals surface area (Å²) in [4.78, 5) is 38.3. The molecule has 0 aromatic heterocycles. The predicted molar refractivity (Wildman–Crippen MR) is 121 cm³/mol. The van der Waals surface area contributed by atoms with Gasteiger partial charge in [-0.05, 0) is 61.2 Å². The Hall–Kier alpha value is -3.72. The molecule has 5 rings (SSSR count). The first kappa shape index (κ1) is 22.1. The van der Waals surface area contributed by atoms with Crippen molar-refractivity contribution >= 4 is 23.1 Å². The zero-order chi connectivity index (χ0) is 24.0. The quantitative estimate of drug-likeness (QED) is 0.236. The van der Waals surface area contributed by atoms with E-state index in [-0.39, 0.29) is 35.8 Å². The lowest BCUT2D eigenvalue weighted by Crippen LogP contribution is -2.36. The van der Waals surface area contributed by atoms with Crippen LogP contribution in [0.2, 0.25) is 0 Å². The minimum absolute atomic E-state index is 0.0181. The highest BCUT2D eigenvalue weighted by Gasteiger charge is 2.47. The van der Waals surface area contributed by atoms with E-state index in [0.717, 1.165) is 24.2 Å². The van der Waals surface area contributed by atoms with Crippen LogP contribution in [0.3, 0.4) is 0 Å². The minimum atomic E-state index is -0.881. The van der Waals surface area contributed by atoms with Gasteiger partial charge >= 0.3 is 0 Å². The number of Topliss-reactive ketones (excluding diaryl/α,β-unsaturated/α-hetero) is 1. The van der Waals surface area contributed by atoms with Gasteiger partial charge in [-0.3, -0.25) is 19.7 Å². The summed E-state index contributed by atoms with van der Waals surface area (Å²) in [5, 5.41) is 22.4. The number of carbonyl (C=O) groups is 2. The maximum Gasteiger partial charge on any atom is 0.295 e. The number of carbonyl (C=O) groups excluding carboxylic acids is 2. The van der Waals surface area contributed by atoms with Gasteiger partial charge in [0.05, 0.1) is 22.6 Å². The Morgan fingerprint density at radius 3 is 2.65 bits per heavy atom. The van der Waals surface area contributed by atoms with Crippen molar-refractivity contribution in [1.29, 1.82) is 0 Å². The van der Waals surface area contributed by atoms with Crippen LogP contribution in [-0.4, -0.2) is 52.0 Å². The van der Waals surface area contributed by atoms with E-state index in [1.54, 1.807) is 18.2 Å². The van der Waals surface area contributed by atoms with E-state index < -0.39 is 22.7 Å². The minimum Gasteiger partial charge on any atom is -0.507 e. The molecule has 0 saturated carbocycles. The van der Waals surface area contributed by atoms with E-state index in [1.807, 2.05) is 6.92 Å². The number of hydrogen-bond donors (Lipinski definition) is 1. The molecule has 3 aliphatic rings. The Labute approximate surface area is 195 Å². The molecule has 0 radical (unpaired) electrons. The van der Waals surface area contributed by atoms with Gasteiger partial charge in [-0.25, -0.2) is 0 Å². The summed E-state index contributed by atoms with van der Waals surface area (Å²) in [5.41, 5.74) is 1.69. The molecule has 3 atom stereocenters. The highest BCUT2D eigenvalue weighted by Crippen LogP contribution is 2.41. The molecule has 9 heteroatoms. The lowest BCUT2D eigenvalue weighted by Gasteiger charge is -2.27. The predicted octanol–water partition coefficient (Wildman–Crippen LogP) is 3.52. The second-order valence-electron chi connectivity index (χ2n) is 8.89. The summed E-state index contributed by atoms with van der Waals surface area (Å²) in [7, 11) is 0. The second-order valence-corrected chi connectivity index (χ2v) is 8.89. The van der Waals surface area contributed by atoms with Crippen molar-refractivity contribution in [3.05, 3.63) is 74.8 Å². The number of fused-ring (bicyclic) bond motifs is 1. The van der Waals surface area contributed by atoms with E-state index in [0.29, 0.717) is 24.2 Å². The Bertz CT molecular complexity index is 1200. The van der Waals surface area contributed by atoms with Crippen molar-refractivity contribution in [3.63, 3.8) is 0 Å². The molecule has 3 heterocycles. The molecule has 0 aliphatic carbocycles. The van der Waals surface area contributed by atoms with Crippen molar-refractivity contribution in [2.45, 2.75) is 44.4 Å². The lowest BCUT2D eigenvalue weighted by atomic mass is 9.94. The zero-order valence-electron chi connectivity index (χ0n) is 18.6. The van der Waals surface area contributed by atoms with Crippen LogP contribution in [0.25, 0.3) is 5.76 Å². The third kappa shape index (κ3) is 3.81. The zero-order valence-corrected chi connectivity index (χ0v) is 18.6. The number of benzene rings is 2. The number of nitrogens with zero attached hydrogens (tertiary/aromatic N) is 2. The first-order valence-electron chi connectivity index (χ1n) is 11.3. The van der Waals surface area contributed by atoms with Crippen LogP contribution in [-0.2, 0) is 20.7 Å². The van der Waals surface area contributed by atoms with Crippen LogP contribution < -0.4 is 4.74 Å². The molecule has 2 fully saturated rings. The van der Waals surface area contributed by atoms with E-state index in [1.165, 1.54) is 29.2 Å². The Balaban J connectivity index is 1.59. The highest BCUT2D eigenvalue weighted by molar-refractivity contribution is 6.46. The molecule has 9 nitrogen and oxygen atoms in total. The number of aliphatic hydroxyl groups is 1. The largest absolute Gasteiger partial charge is 0.507 e. The fourth-order valence-corrected chi connectivity index (χ4v) is 4.93. The summed E-state index contributed by atoms with van der Waals surface area (Å²) in [6, 6.07) is 9.99. The highest BCUT2D eigenvalue weighted by atomic mass is 16.6. The summed E-state index contributed by atoms with van der Waals surface area (Å²) >= 11 is 0. The summed E-state index contributed by atoms with van der Waals surface area (Å²) in [6.45, 7) is 2.73. The smallest absolute Gasteiger partial charge is 0.295 e. The summed E-state index contributed by atoms with van der Waals surface area (Å²) < 4.78 is 11.4. The average molecular weight is 464 g/mol. The molecule has 0 bridgehead atoms. The van der Waals surface area contributed by atoms with Gasteiger partial charge < -0.3 is 19.5 Å². The number of aliphatic hydroxyl groups excluding tert-OH is 1. The Morgan fingerprint density at radius 2 is 1.97 bits per heavy atom. The number of nitro benzene ring substituents is 1. The second kappa shape index (κ2) is 8.57. The van der Waals surface area contributed by atoms with Gasteiger partial charge in [-0.15, -0.1) is 0 Å². The molecule has 176 valence electrons. The number of ether oxygens (including phenoxy) is 2. The molecule has 3 unspecified atom stereocenters. The first-order valence-corrected chi connectivity index (χ1v) is 11.3. The molecule has 34 heavy (non-hydrogen) atoms. The van der Waals surface area contributed by atoms with Crippen molar-refractivity contribution in [2.75, 3.05) is 13.2 Å². The van der Waals surface area contributed by atoms with Gasteiger partial charge in [0.1, 0.15) is 17.6 Å². The van der Waals surface area contributed by atoms with E-state index in [2.05, 4.69) is 0 Å². The third-order valence-electron chi connectivity index (χ3n) is 6.55. The maximum atomic E-state index is 13.2. The average Bonchev–Trinajstić information content (AvgIpc) is 3.53. The van der Waals surface area contributed by atoms with Gasteiger partial charge in [0.25, 0.3) is 17.4 Å². The van der Waals surface area contributed by atoms with E-state index in [9.17, 15) is 24.8 Å². The van der Waals surface area contributed by atoms with Crippen LogP contribution in [0, 0.1) is 10.1 Å². The van der Waals surface area contributed by atoms with Crippen molar-refractivity contribution in [2.24, 2.45) is 0 Å². The molecule has 3 aliphatic heterocycles. The van der Waals surface area contributed by atoms with Gasteiger partial charge in [-0.1, -0.05) is 0 Å². The standard InChI is InChI=1S/C25H24N2O7/c1-14-11-17-12-16(6-9-20(17)34-14)23(28)21-22(15-4-7-18(8-5-15)27(31)32)26(25(30)24(21)29)13-19-3-2-10-33-19/h4-9,12,14,19,22,28H,2-3,10-11,13H2,1H3. The number of non-ortho nitro benzene ring substituents is 1. The van der Waals surface area contributed by atoms with Crippen molar-refractivity contribution in [1.82, 2.24) is 4.90 Å². The fraction of sp³-hybridized carbons (Fsp3) is 0.360. The maximum absolute atomic E-state index is 13.2. The monoisotopic (exact) mass is 464 g/mol. The molecule has 1 amide bonds. The first-order chi connectivity index (χ1) is 16.3. The number of ketones is 1. The summed E-state index contributed by atoms with van der Waals surface area (Å²) in [5.74, 6) is -1.06. The molecule has 0 spiro atoms. The van der Waals surface area contributed by atoms with Crippen LogP contribution in [0.5, 0.6) is 5.75 Å². The lowest BCUT2D eigenvalue weighted by molar-refractivity contribution is -0.384. The number of rotatable bonds is 5. The van der Waals surface area contributed by atoms with Gasteiger partial charge in [0.15, 0.2) is 0 Å². The molecular weight excluding hydrogens is 440 g/mol. The Kier molecular flexibility index (Phi) is 5.57.